The van der Waals surface area contributed by atoms with Gasteiger partial charge in [-0.05, 0) is 11.5 Å². The maximum atomic E-state index is 12.2. The van der Waals surface area contributed by atoms with Gasteiger partial charge in [0.15, 0.2) is 0 Å². The smallest absolute Gasteiger partial charge is 0.335 e. The van der Waals surface area contributed by atoms with Crippen LogP contribution in [0, 0.1) is 5.92 Å². The first-order chi connectivity index (χ1) is 9.94. The Labute approximate surface area is 124 Å². The van der Waals surface area contributed by atoms with Gasteiger partial charge in [0.05, 0.1) is 11.8 Å². The Kier molecular flexibility index (Phi) is 4.74. The van der Waals surface area contributed by atoms with Crippen LogP contribution in [0.25, 0.3) is 0 Å². The molecular weight excluding hydrogens is 290 g/mol. The third kappa shape index (κ3) is 3.68. The van der Waals surface area contributed by atoms with Crippen LogP contribution in [0.15, 0.2) is 40.0 Å². The summed E-state index contributed by atoms with van der Waals surface area (Å²) in [6.07, 6.45) is 0.843. The third-order valence-electron chi connectivity index (χ3n) is 3.43. The van der Waals surface area contributed by atoms with Crippen molar-refractivity contribution < 1.29 is 12.8 Å². The monoisotopic (exact) mass is 309 g/mol. The number of hydrogen-bond donors (Lipinski definition) is 1. The van der Waals surface area contributed by atoms with Crippen LogP contribution in [0.4, 0.5) is 0 Å². The Hall–Kier alpha value is -1.73. The van der Waals surface area contributed by atoms with Gasteiger partial charge in [0, 0.05) is 0 Å². The quantitative estimate of drug-likeness (QED) is 0.877. The van der Waals surface area contributed by atoms with Crippen molar-refractivity contribution in [1.29, 1.82) is 0 Å². The van der Waals surface area contributed by atoms with E-state index in [1.165, 1.54) is 0 Å². The van der Waals surface area contributed by atoms with Crippen molar-refractivity contribution in [2.45, 2.75) is 37.3 Å². The number of hydrogen-bond acceptors (Lipinski definition) is 6. The fourth-order valence-corrected chi connectivity index (χ4v) is 2.97. The van der Waals surface area contributed by atoms with E-state index in [-0.39, 0.29) is 22.8 Å². The summed E-state index contributed by atoms with van der Waals surface area (Å²) in [5.41, 5.74) is 6.64. The van der Waals surface area contributed by atoms with Crippen molar-refractivity contribution >= 4 is 9.84 Å². The van der Waals surface area contributed by atoms with E-state index >= 15 is 0 Å². The molecule has 1 heterocycles. The zero-order valence-corrected chi connectivity index (χ0v) is 12.9. The fourth-order valence-electron chi connectivity index (χ4n) is 1.83. The third-order valence-corrected chi connectivity index (χ3v) is 4.84. The molecule has 21 heavy (non-hydrogen) atoms. The Morgan fingerprint density at radius 3 is 2.52 bits per heavy atom. The number of rotatable bonds is 6. The van der Waals surface area contributed by atoms with Crippen LogP contribution < -0.4 is 5.73 Å². The molecule has 0 aliphatic rings. The zero-order chi connectivity index (χ0) is 15.5. The second kappa shape index (κ2) is 6.36. The average Bonchev–Trinajstić information content (AvgIpc) is 2.97. The molecule has 6 nitrogen and oxygen atoms in total. The van der Waals surface area contributed by atoms with Crippen molar-refractivity contribution in [1.82, 2.24) is 10.2 Å². The molecule has 2 aromatic rings. The van der Waals surface area contributed by atoms with E-state index in [1.54, 1.807) is 24.3 Å². The van der Waals surface area contributed by atoms with Crippen LogP contribution in [0.1, 0.15) is 37.8 Å². The number of sulfone groups is 1. The molecule has 1 aromatic heterocycles. The molecule has 2 atom stereocenters. The van der Waals surface area contributed by atoms with Crippen LogP contribution in [0.3, 0.4) is 0 Å². The summed E-state index contributed by atoms with van der Waals surface area (Å²) >= 11 is 0. The number of nitrogens with zero attached hydrogens (tertiary/aromatic N) is 2. The van der Waals surface area contributed by atoms with Gasteiger partial charge < -0.3 is 10.2 Å². The molecule has 0 bridgehead atoms. The first-order valence-corrected chi connectivity index (χ1v) is 8.45. The van der Waals surface area contributed by atoms with E-state index in [1.807, 2.05) is 19.9 Å². The van der Waals surface area contributed by atoms with Gasteiger partial charge in [0.25, 0.3) is 0 Å². The van der Waals surface area contributed by atoms with E-state index < -0.39 is 15.9 Å². The molecular formula is C14H19N3O3S. The van der Waals surface area contributed by atoms with Crippen LogP contribution >= 0.6 is 0 Å². The summed E-state index contributed by atoms with van der Waals surface area (Å²) in [5, 5.41) is 7.03. The molecule has 0 fully saturated rings. The minimum Gasteiger partial charge on any atom is -0.411 e. The van der Waals surface area contributed by atoms with Gasteiger partial charge in [-0.15, -0.1) is 5.10 Å². The lowest BCUT2D eigenvalue weighted by atomic mass is 10.0. The van der Waals surface area contributed by atoms with Gasteiger partial charge in [-0.25, -0.2) is 8.42 Å². The Bertz CT molecular complexity index is 682. The molecule has 0 saturated heterocycles. The molecule has 0 saturated carbocycles. The van der Waals surface area contributed by atoms with E-state index in [0.717, 1.165) is 6.42 Å². The molecule has 114 valence electrons. The highest BCUT2D eigenvalue weighted by Gasteiger charge is 2.26. The molecule has 0 radical (unpaired) electrons. The van der Waals surface area contributed by atoms with E-state index in [2.05, 4.69) is 10.2 Å². The molecule has 0 aliphatic heterocycles. The second-order valence-electron chi connectivity index (χ2n) is 5.06. The SMILES string of the molecule is CCC(C)[C@H](N)c1nnc(S(=O)(=O)Cc2ccccc2)o1. The molecule has 2 rings (SSSR count). The highest BCUT2D eigenvalue weighted by molar-refractivity contribution is 7.90. The van der Waals surface area contributed by atoms with Gasteiger partial charge in [0.1, 0.15) is 0 Å². The lowest BCUT2D eigenvalue weighted by Gasteiger charge is -2.13. The van der Waals surface area contributed by atoms with Gasteiger partial charge in [-0.2, -0.15) is 0 Å². The molecule has 0 amide bonds. The molecule has 1 aromatic carbocycles. The number of benzene rings is 1. The predicted octanol–water partition coefficient (Wildman–Crippen LogP) is 2.09. The first kappa shape index (κ1) is 15.7. The second-order valence-corrected chi connectivity index (χ2v) is 6.93. The molecule has 0 aliphatic carbocycles. The normalized spacial score (nSPS) is 14.8. The minimum absolute atomic E-state index is 0.134. The maximum Gasteiger partial charge on any atom is 0.335 e. The maximum absolute atomic E-state index is 12.2. The average molecular weight is 309 g/mol. The minimum atomic E-state index is -3.65. The van der Waals surface area contributed by atoms with Crippen molar-refractivity contribution in [3.8, 4) is 0 Å². The van der Waals surface area contributed by atoms with Crippen LogP contribution in [0.5, 0.6) is 0 Å². The van der Waals surface area contributed by atoms with Crippen LogP contribution in [-0.4, -0.2) is 18.6 Å². The van der Waals surface area contributed by atoms with E-state index in [4.69, 9.17) is 10.2 Å². The van der Waals surface area contributed by atoms with Gasteiger partial charge in [-0.3, -0.25) is 0 Å². The lowest BCUT2D eigenvalue weighted by Crippen LogP contribution is -2.18. The largest absolute Gasteiger partial charge is 0.411 e. The summed E-state index contributed by atoms with van der Waals surface area (Å²) in [7, 11) is -3.65. The summed E-state index contributed by atoms with van der Waals surface area (Å²) < 4.78 is 29.7. The van der Waals surface area contributed by atoms with Gasteiger partial charge in [-0.1, -0.05) is 55.7 Å². The molecule has 1 unspecified atom stereocenters. The molecule has 7 heteroatoms. The van der Waals surface area contributed by atoms with Crippen molar-refractivity contribution in [2.75, 3.05) is 0 Å². The highest BCUT2D eigenvalue weighted by atomic mass is 32.2. The number of aromatic nitrogens is 2. The zero-order valence-electron chi connectivity index (χ0n) is 12.1. The van der Waals surface area contributed by atoms with Gasteiger partial charge in [0.2, 0.25) is 15.7 Å². The molecule has 2 N–H and O–H groups in total. The Balaban J connectivity index is 2.20. The Morgan fingerprint density at radius 2 is 1.90 bits per heavy atom. The van der Waals surface area contributed by atoms with E-state index in [9.17, 15) is 8.42 Å². The first-order valence-electron chi connectivity index (χ1n) is 6.79. The number of nitrogens with two attached hydrogens (primary N) is 1. The van der Waals surface area contributed by atoms with Crippen LogP contribution in [-0.2, 0) is 15.6 Å². The topological polar surface area (TPSA) is 99.1 Å². The predicted molar refractivity (Wildman–Crippen MR) is 78.0 cm³/mol. The standard InChI is InChI=1S/C14H19N3O3S/c1-3-10(2)12(15)13-16-17-14(20-13)21(18,19)9-11-7-5-4-6-8-11/h4-8,10,12H,3,9,15H2,1-2H3/t10?,12-/m0/s1. The summed E-state index contributed by atoms with van der Waals surface area (Å²) in [6, 6.07) is 8.40. The van der Waals surface area contributed by atoms with E-state index in [0.29, 0.717) is 5.56 Å². The van der Waals surface area contributed by atoms with Crippen LogP contribution in [0.2, 0.25) is 0 Å². The lowest BCUT2D eigenvalue weighted by molar-refractivity contribution is 0.327. The Morgan fingerprint density at radius 1 is 1.24 bits per heavy atom. The van der Waals surface area contributed by atoms with Gasteiger partial charge >= 0.3 is 5.22 Å². The summed E-state index contributed by atoms with van der Waals surface area (Å²) in [6.45, 7) is 3.95. The van der Waals surface area contributed by atoms with Crippen molar-refractivity contribution in [3.05, 3.63) is 41.8 Å². The molecule has 0 spiro atoms. The summed E-state index contributed by atoms with van der Waals surface area (Å²) in [5.74, 6) is 0.125. The van der Waals surface area contributed by atoms with Crippen molar-refractivity contribution in [3.63, 3.8) is 0 Å². The highest BCUT2D eigenvalue weighted by Crippen LogP contribution is 2.23. The summed E-state index contributed by atoms with van der Waals surface area (Å²) in [4.78, 5) is 0. The fraction of sp³-hybridized carbons (Fsp3) is 0.429. The van der Waals surface area contributed by atoms with Crippen molar-refractivity contribution in [2.24, 2.45) is 11.7 Å².